The Labute approximate surface area is 166 Å². The highest BCUT2D eigenvalue weighted by atomic mass is 35.5. The van der Waals surface area contributed by atoms with Crippen molar-refractivity contribution in [1.82, 2.24) is 9.38 Å². The molecule has 0 fully saturated rings. The molecule has 0 radical (unpaired) electrons. The number of amides is 1. The number of nitrogens with one attached hydrogen (secondary N) is 1. The fraction of sp³-hybridized carbons (Fsp3) is 0.143. The van der Waals surface area contributed by atoms with Crippen molar-refractivity contribution in [3.8, 4) is 11.3 Å². The molecule has 0 bridgehead atoms. The van der Waals surface area contributed by atoms with Gasteiger partial charge in [0, 0.05) is 33.5 Å². The number of thiazole rings is 1. The average molecular weight is 396 g/mol. The highest BCUT2D eigenvalue weighted by molar-refractivity contribution is 7.15. The first kappa shape index (κ1) is 17.8. The van der Waals surface area contributed by atoms with Gasteiger partial charge in [0.1, 0.15) is 0 Å². The third kappa shape index (κ3) is 3.89. The van der Waals surface area contributed by atoms with Crippen LogP contribution < -0.4 is 5.32 Å². The number of carbonyl (C=O) groups is 1. The number of benzene rings is 2. The van der Waals surface area contributed by atoms with E-state index in [1.807, 2.05) is 58.4 Å². The number of rotatable bonds is 5. The zero-order chi connectivity index (χ0) is 18.8. The van der Waals surface area contributed by atoms with Crippen LogP contribution in [0.3, 0.4) is 0 Å². The lowest BCUT2D eigenvalue weighted by Gasteiger charge is -2.06. The van der Waals surface area contributed by atoms with Gasteiger partial charge in [-0.1, -0.05) is 42.8 Å². The maximum atomic E-state index is 12.5. The molecule has 0 aliphatic rings. The van der Waals surface area contributed by atoms with E-state index in [1.165, 1.54) is 16.9 Å². The normalized spacial score (nSPS) is 11.0. The largest absolute Gasteiger partial charge is 0.326 e. The third-order valence-electron chi connectivity index (χ3n) is 4.38. The topological polar surface area (TPSA) is 46.4 Å². The Morgan fingerprint density at radius 3 is 2.81 bits per heavy atom. The highest BCUT2D eigenvalue weighted by Crippen LogP contribution is 2.25. The van der Waals surface area contributed by atoms with Crippen LogP contribution in [0, 0.1) is 0 Å². The van der Waals surface area contributed by atoms with Crippen LogP contribution in [0.15, 0.2) is 60.1 Å². The van der Waals surface area contributed by atoms with E-state index in [1.54, 1.807) is 0 Å². The predicted octanol–water partition coefficient (Wildman–Crippen LogP) is 5.46. The van der Waals surface area contributed by atoms with Gasteiger partial charge in [0.2, 0.25) is 5.91 Å². The Balaban J connectivity index is 1.53. The maximum Gasteiger partial charge on any atom is 0.230 e. The van der Waals surface area contributed by atoms with Crippen LogP contribution in [0.4, 0.5) is 5.69 Å². The Morgan fingerprint density at radius 1 is 1.22 bits per heavy atom. The number of carbonyl (C=O) groups excluding carboxylic acids is 1. The lowest BCUT2D eigenvalue weighted by molar-refractivity contribution is -0.115. The molecule has 0 unspecified atom stereocenters. The van der Waals surface area contributed by atoms with Gasteiger partial charge in [-0.25, -0.2) is 4.98 Å². The van der Waals surface area contributed by atoms with E-state index in [9.17, 15) is 4.79 Å². The molecule has 1 N–H and O–H groups in total. The molecule has 6 heteroatoms. The fourth-order valence-corrected chi connectivity index (χ4v) is 3.95. The Morgan fingerprint density at radius 2 is 2.04 bits per heavy atom. The third-order valence-corrected chi connectivity index (χ3v) is 5.52. The van der Waals surface area contributed by atoms with E-state index in [0.717, 1.165) is 34.0 Å². The second-order valence-electron chi connectivity index (χ2n) is 6.29. The van der Waals surface area contributed by atoms with E-state index < -0.39 is 0 Å². The summed E-state index contributed by atoms with van der Waals surface area (Å²) in [5.74, 6) is -0.0373. The van der Waals surface area contributed by atoms with Gasteiger partial charge in [0.05, 0.1) is 12.1 Å². The first-order valence-electron chi connectivity index (χ1n) is 8.72. The zero-order valence-electron chi connectivity index (χ0n) is 14.8. The number of hydrogen-bond acceptors (Lipinski definition) is 3. The number of aryl methyl sites for hydroxylation is 1. The molecule has 0 aliphatic heterocycles. The van der Waals surface area contributed by atoms with Crippen LogP contribution in [0.2, 0.25) is 5.02 Å². The molecule has 136 valence electrons. The highest BCUT2D eigenvalue weighted by Gasteiger charge is 2.13. The quantitative estimate of drug-likeness (QED) is 0.487. The van der Waals surface area contributed by atoms with Crippen molar-refractivity contribution in [2.24, 2.45) is 0 Å². The van der Waals surface area contributed by atoms with E-state index >= 15 is 0 Å². The van der Waals surface area contributed by atoms with Gasteiger partial charge >= 0.3 is 0 Å². The summed E-state index contributed by atoms with van der Waals surface area (Å²) < 4.78 is 1.98. The summed E-state index contributed by atoms with van der Waals surface area (Å²) in [5, 5.41) is 5.66. The molecule has 4 nitrogen and oxygen atoms in total. The Kier molecular flexibility index (Phi) is 4.97. The lowest BCUT2D eigenvalue weighted by Crippen LogP contribution is -2.15. The average Bonchev–Trinajstić information content (AvgIpc) is 3.24. The molecule has 1 amide bonds. The molecule has 2 heterocycles. The van der Waals surface area contributed by atoms with Crippen LogP contribution in [0.5, 0.6) is 0 Å². The second-order valence-corrected chi connectivity index (χ2v) is 7.56. The Hall–Kier alpha value is -2.63. The molecule has 0 atom stereocenters. The number of hydrogen-bond donors (Lipinski definition) is 1. The second kappa shape index (κ2) is 7.55. The smallest absolute Gasteiger partial charge is 0.230 e. The van der Waals surface area contributed by atoms with Crippen LogP contribution in [-0.2, 0) is 17.6 Å². The zero-order valence-corrected chi connectivity index (χ0v) is 16.3. The van der Waals surface area contributed by atoms with Gasteiger partial charge in [0.25, 0.3) is 0 Å². The van der Waals surface area contributed by atoms with Crippen LogP contribution in [0.1, 0.15) is 18.2 Å². The monoisotopic (exact) mass is 395 g/mol. The van der Waals surface area contributed by atoms with Crippen molar-refractivity contribution in [3.05, 3.63) is 76.4 Å². The molecule has 2 aromatic carbocycles. The van der Waals surface area contributed by atoms with Crippen molar-refractivity contribution >= 4 is 39.5 Å². The van der Waals surface area contributed by atoms with Crippen LogP contribution in [-0.4, -0.2) is 15.3 Å². The lowest BCUT2D eigenvalue weighted by atomic mass is 10.1. The molecular formula is C21H18ClN3OS. The van der Waals surface area contributed by atoms with Gasteiger partial charge in [-0.3, -0.25) is 9.20 Å². The molecular weight excluding hydrogens is 378 g/mol. The summed E-state index contributed by atoms with van der Waals surface area (Å²) in [5.41, 5.74) is 4.83. The minimum atomic E-state index is -0.0373. The minimum Gasteiger partial charge on any atom is -0.326 e. The summed E-state index contributed by atoms with van der Waals surface area (Å²) in [6, 6.07) is 15.5. The molecule has 0 spiro atoms. The summed E-state index contributed by atoms with van der Waals surface area (Å²) in [6.07, 6.45) is 3.21. The molecule has 4 aromatic rings. The number of halogens is 1. The van der Waals surface area contributed by atoms with E-state index in [2.05, 4.69) is 23.3 Å². The van der Waals surface area contributed by atoms with Gasteiger partial charge in [0.15, 0.2) is 4.96 Å². The van der Waals surface area contributed by atoms with Crippen molar-refractivity contribution < 1.29 is 4.79 Å². The summed E-state index contributed by atoms with van der Waals surface area (Å²) in [6.45, 7) is 2.10. The van der Waals surface area contributed by atoms with Crippen molar-refractivity contribution in [2.75, 3.05) is 5.32 Å². The van der Waals surface area contributed by atoms with Crippen LogP contribution in [0.25, 0.3) is 16.2 Å². The van der Waals surface area contributed by atoms with Crippen molar-refractivity contribution in [3.63, 3.8) is 0 Å². The number of anilines is 1. The van der Waals surface area contributed by atoms with Gasteiger partial charge in [-0.15, -0.1) is 11.3 Å². The van der Waals surface area contributed by atoms with Gasteiger partial charge < -0.3 is 5.32 Å². The fourth-order valence-electron chi connectivity index (χ4n) is 2.95. The first-order chi connectivity index (χ1) is 13.1. The summed E-state index contributed by atoms with van der Waals surface area (Å²) in [4.78, 5) is 18.0. The molecule has 4 rings (SSSR count). The van der Waals surface area contributed by atoms with Crippen LogP contribution >= 0.6 is 22.9 Å². The number of nitrogens with zero attached hydrogens (tertiary/aromatic N) is 2. The van der Waals surface area contributed by atoms with E-state index in [0.29, 0.717) is 11.4 Å². The summed E-state index contributed by atoms with van der Waals surface area (Å²) >= 11 is 7.49. The number of aromatic nitrogens is 2. The molecule has 27 heavy (non-hydrogen) atoms. The molecule has 0 aliphatic carbocycles. The molecule has 2 aromatic heterocycles. The number of imidazole rings is 1. The van der Waals surface area contributed by atoms with E-state index in [-0.39, 0.29) is 5.91 Å². The number of fused-ring (bicyclic) bond motifs is 1. The molecule has 0 saturated heterocycles. The molecule has 0 saturated carbocycles. The van der Waals surface area contributed by atoms with Gasteiger partial charge in [-0.2, -0.15) is 0 Å². The minimum absolute atomic E-state index is 0.0373. The van der Waals surface area contributed by atoms with E-state index in [4.69, 9.17) is 11.6 Å². The summed E-state index contributed by atoms with van der Waals surface area (Å²) in [7, 11) is 0. The van der Waals surface area contributed by atoms with Crippen molar-refractivity contribution in [1.29, 1.82) is 0 Å². The standard InChI is InChI=1S/C21H18ClN3OS/c1-2-14-4-3-5-17(10-14)23-20(26)11-18-13-27-21-24-19(12-25(18)21)15-6-8-16(22)9-7-15/h3-10,12-13H,2,11H2,1H3,(H,23,26). The first-order valence-corrected chi connectivity index (χ1v) is 9.98. The predicted molar refractivity (Wildman–Crippen MR) is 112 cm³/mol. The van der Waals surface area contributed by atoms with Gasteiger partial charge in [-0.05, 0) is 36.2 Å². The van der Waals surface area contributed by atoms with Crippen molar-refractivity contribution in [2.45, 2.75) is 19.8 Å². The Bertz CT molecular complexity index is 1100. The maximum absolute atomic E-state index is 12.5. The SMILES string of the molecule is CCc1cccc(NC(=O)Cc2csc3nc(-c4ccc(Cl)cc4)cn23)c1.